The third-order valence-electron chi connectivity index (χ3n) is 4.23. The molecule has 1 aliphatic heterocycles. The number of anilines is 1. The molecule has 25 heavy (non-hydrogen) atoms. The van der Waals surface area contributed by atoms with Crippen LogP contribution in [0.15, 0.2) is 54.9 Å². The summed E-state index contributed by atoms with van der Waals surface area (Å²) >= 11 is 0. The van der Waals surface area contributed by atoms with Crippen molar-refractivity contribution in [2.45, 2.75) is 12.5 Å². The van der Waals surface area contributed by atoms with E-state index < -0.39 is 6.10 Å². The summed E-state index contributed by atoms with van der Waals surface area (Å²) in [5, 5.41) is 9.62. The smallest absolute Gasteiger partial charge is 0.265 e. The number of aromatic amines is 1. The lowest BCUT2D eigenvalue weighted by atomic mass is 10.1. The number of nitrogens with one attached hydrogen (secondary N) is 2. The summed E-state index contributed by atoms with van der Waals surface area (Å²) < 4.78 is 11.2. The first kappa shape index (κ1) is 15.3. The zero-order valence-corrected chi connectivity index (χ0v) is 13.7. The number of aromatic nitrogens is 2. The molecule has 0 bridgehead atoms. The Bertz CT molecular complexity index is 881. The molecule has 6 nitrogen and oxygen atoms in total. The Morgan fingerprint density at radius 1 is 1.28 bits per heavy atom. The molecule has 2 N–H and O–H groups in total. The highest BCUT2D eigenvalue weighted by Gasteiger charge is 2.29. The van der Waals surface area contributed by atoms with Crippen LogP contribution in [0.1, 0.15) is 5.56 Å². The number of H-pyrrole nitrogens is 1. The van der Waals surface area contributed by atoms with Crippen molar-refractivity contribution in [3.63, 3.8) is 0 Å². The molecule has 1 aromatic heterocycles. The number of nitrogens with zero attached hydrogens (tertiary/aromatic N) is 1. The van der Waals surface area contributed by atoms with Crippen molar-refractivity contribution >= 4 is 11.6 Å². The number of methoxy groups -OCH3 is 1. The quantitative estimate of drug-likeness (QED) is 0.768. The highest BCUT2D eigenvalue weighted by molar-refractivity contribution is 5.96. The van der Waals surface area contributed by atoms with Gasteiger partial charge in [-0.25, -0.2) is 0 Å². The number of amides is 1. The van der Waals surface area contributed by atoms with Crippen LogP contribution in [-0.4, -0.2) is 29.3 Å². The highest BCUT2D eigenvalue weighted by atomic mass is 16.5. The van der Waals surface area contributed by atoms with Crippen molar-refractivity contribution in [2.75, 3.05) is 12.4 Å². The summed E-state index contributed by atoms with van der Waals surface area (Å²) in [6.45, 7) is 0. The lowest BCUT2D eigenvalue weighted by Crippen LogP contribution is -2.31. The number of hydrogen-bond donors (Lipinski definition) is 2. The molecule has 2 aromatic carbocycles. The molecular weight excluding hydrogens is 318 g/mol. The van der Waals surface area contributed by atoms with Gasteiger partial charge in [0.25, 0.3) is 5.91 Å². The summed E-state index contributed by atoms with van der Waals surface area (Å²) in [7, 11) is 1.58. The fourth-order valence-electron chi connectivity index (χ4n) is 2.92. The van der Waals surface area contributed by atoms with Gasteiger partial charge in [0.2, 0.25) is 0 Å². The number of hydrogen-bond acceptors (Lipinski definition) is 4. The molecule has 2 heterocycles. The van der Waals surface area contributed by atoms with E-state index in [0.29, 0.717) is 17.9 Å². The van der Waals surface area contributed by atoms with E-state index >= 15 is 0 Å². The molecule has 0 fully saturated rings. The Morgan fingerprint density at radius 2 is 2.16 bits per heavy atom. The molecule has 1 atom stereocenters. The summed E-state index contributed by atoms with van der Waals surface area (Å²) in [6.07, 6.45) is 3.57. The standard InChI is InChI=1S/C19H17N3O3/c1-24-17-8-12(14-10-20-21-11-14)6-7-15(17)22-19(23)18-9-13-4-2-3-5-16(13)25-18/h2-8,10-11,18H,9H2,1H3,(H,20,21)(H,22,23). The van der Waals surface area contributed by atoms with Crippen molar-refractivity contribution < 1.29 is 14.3 Å². The Hall–Kier alpha value is -3.28. The van der Waals surface area contributed by atoms with Gasteiger partial charge in [-0.05, 0) is 29.3 Å². The van der Waals surface area contributed by atoms with Gasteiger partial charge in [0, 0.05) is 18.2 Å². The van der Waals surface area contributed by atoms with Gasteiger partial charge in [0.05, 0.1) is 19.0 Å². The number of ether oxygens (including phenoxy) is 2. The fourth-order valence-corrected chi connectivity index (χ4v) is 2.92. The SMILES string of the molecule is COc1cc(-c2cn[nH]c2)ccc1NC(=O)C1Cc2ccccc2O1. The van der Waals surface area contributed by atoms with Crippen molar-refractivity contribution in [3.05, 3.63) is 60.4 Å². The molecule has 6 heteroatoms. The van der Waals surface area contributed by atoms with Gasteiger partial charge < -0.3 is 14.8 Å². The average Bonchev–Trinajstić information content (AvgIpc) is 3.31. The van der Waals surface area contributed by atoms with E-state index in [-0.39, 0.29) is 5.91 Å². The van der Waals surface area contributed by atoms with Crippen LogP contribution in [0.5, 0.6) is 11.5 Å². The third kappa shape index (κ3) is 2.94. The first-order valence-corrected chi connectivity index (χ1v) is 7.97. The lowest BCUT2D eigenvalue weighted by Gasteiger charge is -2.14. The highest BCUT2D eigenvalue weighted by Crippen LogP contribution is 2.32. The number of carbonyl (C=O) groups is 1. The zero-order chi connectivity index (χ0) is 17.2. The van der Waals surface area contributed by atoms with Gasteiger partial charge in [0.15, 0.2) is 6.10 Å². The molecule has 0 saturated heterocycles. The number of benzene rings is 2. The maximum Gasteiger partial charge on any atom is 0.265 e. The van der Waals surface area contributed by atoms with Crippen molar-refractivity contribution in [1.29, 1.82) is 0 Å². The molecule has 0 aliphatic carbocycles. The predicted octanol–water partition coefficient (Wildman–Crippen LogP) is 3.03. The zero-order valence-electron chi connectivity index (χ0n) is 13.7. The number of fused-ring (bicyclic) bond motifs is 1. The summed E-state index contributed by atoms with van der Waals surface area (Å²) in [5.74, 6) is 1.16. The predicted molar refractivity (Wildman–Crippen MR) is 93.8 cm³/mol. The van der Waals surface area contributed by atoms with Gasteiger partial charge in [0.1, 0.15) is 11.5 Å². The number of rotatable bonds is 4. The van der Waals surface area contributed by atoms with Crippen LogP contribution in [-0.2, 0) is 11.2 Å². The van der Waals surface area contributed by atoms with Crippen LogP contribution in [0, 0.1) is 0 Å². The Balaban J connectivity index is 1.52. The Kier molecular flexibility index (Phi) is 3.85. The summed E-state index contributed by atoms with van der Waals surface area (Å²) in [5.41, 5.74) is 3.56. The molecule has 0 radical (unpaired) electrons. The van der Waals surface area contributed by atoms with E-state index in [2.05, 4.69) is 15.5 Å². The molecule has 1 unspecified atom stereocenters. The number of carbonyl (C=O) groups excluding carboxylic acids is 1. The van der Waals surface area contributed by atoms with Gasteiger partial charge in [-0.1, -0.05) is 24.3 Å². The maximum atomic E-state index is 12.6. The van der Waals surface area contributed by atoms with Crippen molar-refractivity contribution in [3.8, 4) is 22.6 Å². The van der Waals surface area contributed by atoms with Gasteiger partial charge in [-0.2, -0.15) is 5.10 Å². The maximum absolute atomic E-state index is 12.6. The fraction of sp³-hybridized carbons (Fsp3) is 0.158. The van der Waals surface area contributed by atoms with Crippen molar-refractivity contribution in [2.24, 2.45) is 0 Å². The van der Waals surface area contributed by atoms with E-state index in [1.165, 1.54) is 0 Å². The van der Waals surface area contributed by atoms with E-state index in [9.17, 15) is 4.79 Å². The Morgan fingerprint density at radius 3 is 2.92 bits per heavy atom. The average molecular weight is 335 g/mol. The topological polar surface area (TPSA) is 76.2 Å². The van der Waals surface area contributed by atoms with Gasteiger partial charge >= 0.3 is 0 Å². The van der Waals surface area contributed by atoms with Crippen LogP contribution in [0.4, 0.5) is 5.69 Å². The van der Waals surface area contributed by atoms with E-state index in [0.717, 1.165) is 22.4 Å². The molecule has 1 amide bonds. The second-order valence-corrected chi connectivity index (χ2v) is 5.81. The van der Waals surface area contributed by atoms with E-state index in [1.807, 2.05) is 42.5 Å². The number of para-hydroxylation sites is 1. The summed E-state index contributed by atoms with van der Waals surface area (Å²) in [4.78, 5) is 12.6. The Labute approximate surface area is 144 Å². The van der Waals surface area contributed by atoms with Gasteiger partial charge in [-0.15, -0.1) is 0 Å². The minimum atomic E-state index is -0.532. The first-order chi connectivity index (χ1) is 12.2. The molecular formula is C19H17N3O3. The molecule has 3 aromatic rings. The van der Waals surface area contributed by atoms with Crippen LogP contribution in [0.3, 0.4) is 0 Å². The molecule has 0 spiro atoms. The normalized spacial score (nSPS) is 15.3. The molecule has 4 rings (SSSR count). The third-order valence-corrected chi connectivity index (χ3v) is 4.23. The van der Waals surface area contributed by atoms with Crippen LogP contribution in [0.2, 0.25) is 0 Å². The lowest BCUT2D eigenvalue weighted by molar-refractivity contribution is -0.122. The monoisotopic (exact) mass is 335 g/mol. The van der Waals surface area contributed by atoms with Crippen LogP contribution in [0.25, 0.3) is 11.1 Å². The minimum absolute atomic E-state index is 0.189. The second-order valence-electron chi connectivity index (χ2n) is 5.81. The largest absolute Gasteiger partial charge is 0.495 e. The van der Waals surface area contributed by atoms with Crippen LogP contribution >= 0.6 is 0 Å². The van der Waals surface area contributed by atoms with E-state index in [1.54, 1.807) is 19.5 Å². The van der Waals surface area contributed by atoms with Crippen LogP contribution < -0.4 is 14.8 Å². The second kappa shape index (κ2) is 6.32. The minimum Gasteiger partial charge on any atom is -0.495 e. The molecule has 0 saturated carbocycles. The first-order valence-electron chi connectivity index (χ1n) is 7.97. The van der Waals surface area contributed by atoms with Crippen molar-refractivity contribution in [1.82, 2.24) is 10.2 Å². The molecule has 126 valence electrons. The molecule has 1 aliphatic rings. The van der Waals surface area contributed by atoms with E-state index in [4.69, 9.17) is 9.47 Å². The van der Waals surface area contributed by atoms with Gasteiger partial charge in [-0.3, -0.25) is 9.89 Å². The summed E-state index contributed by atoms with van der Waals surface area (Å²) in [6, 6.07) is 13.3.